The Morgan fingerprint density at radius 3 is 2.55 bits per heavy atom. The van der Waals surface area contributed by atoms with E-state index in [1.165, 1.54) is 5.56 Å². The lowest BCUT2D eigenvalue weighted by molar-refractivity contribution is 1.34. The Balaban J connectivity index is 3.36. The largest absolute Gasteiger partial charge is 0.398 e. The van der Waals surface area contributed by atoms with Gasteiger partial charge in [0.25, 0.3) is 0 Å². The third-order valence-corrected chi connectivity index (χ3v) is 2.04. The lowest BCUT2D eigenvalue weighted by Gasteiger charge is -2.06. The van der Waals surface area contributed by atoms with Gasteiger partial charge in [-0.2, -0.15) is 0 Å². The minimum absolute atomic E-state index is 0.847. The average Bonchev–Trinajstić information content (AvgIpc) is 2.01. The number of benzene rings is 1. The minimum atomic E-state index is 0.847. The van der Waals surface area contributed by atoms with E-state index in [2.05, 4.69) is 19.6 Å². The molecule has 0 bridgehead atoms. The molecule has 0 saturated carbocycles. The smallest absolute Gasteiger partial charge is 0.0419 e. The highest BCUT2D eigenvalue weighted by Crippen LogP contribution is 2.20. The van der Waals surface area contributed by atoms with Crippen molar-refractivity contribution in [2.24, 2.45) is 0 Å². The molecule has 1 aromatic carbocycles. The second kappa shape index (κ2) is 2.79. The third kappa shape index (κ3) is 1.27. The molecule has 58 valence electrons. The van der Waals surface area contributed by atoms with Crippen molar-refractivity contribution in [3.8, 4) is 0 Å². The van der Waals surface area contributed by atoms with Crippen LogP contribution in [0.25, 0.3) is 6.08 Å². The van der Waals surface area contributed by atoms with Gasteiger partial charge < -0.3 is 5.73 Å². The van der Waals surface area contributed by atoms with Crippen LogP contribution in [0, 0.1) is 13.8 Å². The van der Waals surface area contributed by atoms with Crippen molar-refractivity contribution in [2.45, 2.75) is 13.8 Å². The van der Waals surface area contributed by atoms with Crippen molar-refractivity contribution in [1.29, 1.82) is 0 Å². The fourth-order valence-corrected chi connectivity index (χ4v) is 1.04. The van der Waals surface area contributed by atoms with Gasteiger partial charge in [-0.1, -0.05) is 24.8 Å². The van der Waals surface area contributed by atoms with Gasteiger partial charge in [-0.3, -0.25) is 0 Å². The zero-order chi connectivity index (χ0) is 8.43. The van der Waals surface area contributed by atoms with Crippen molar-refractivity contribution in [3.05, 3.63) is 35.4 Å². The molecule has 2 N–H and O–H groups in total. The van der Waals surface area contributed by atoms with Crippen LogP contribution in [0.4, 0.5) is 5.69 Å². The summed E-state index contributed by atoms with van der Waals surface area (Å²) in [6.45, 7) is 7.76. The van der Waals surface area contributed by atoms with Crippen molar-refractivity contribution in [1.82, 2.24) is 0 Å². The summed E-state index contributed by atoms with van der Waals surface area (Å²) >= 11 is 0. The first-order valence-electron chi connectivity index (χ1n) is 3.65. The van der Waals surface area contributed by atoms with Crippen LogP contribution >= 0.6 is 0 Å². The van der Waals surface area contributed by atoms with Crippen LogP contribution in [0.15, 0.2) is 18.7 Å². The number of anilines is 1. The zero-order valence-corrected chi connectivity index (χ0v) is 7.02. The Bertz CT molecular complexity index is 287. The molecule has 0 aromatic heterocycles. The molecule has 1 aromatic rings. The zero-order valence-electron chi connectivity index (χ0n) is 7.02. The second-order valence-electron chi connectivity index (χ2n) is 2.71. The molecule has 11 heavy (non-hydrogen) atoms. The molecule has 0 spiro atoms. The minimum Gasteiger partial charge on any atom is -0.398 e. The van der Waals surface area contributed by atoms with E-state index >= 15 is 0 Å². The van der Waals surface area contributed by atoms with E-state index in [4.69, 9.17) is 5.73 Å². The maximum absolute atomic E-state index is 5.82. The lowest BCUT2D eigenvalue weighted by Crippen LogP contribution is -1.94. The van der Waals surface area contributed by atoms with Crippen molar-refractivity contribution >= 4 is 11.8 Å². The molecule has 0 aliphatic carbocycles. The van der Waals surface area contributed by atoms with Crippen LogP contribution in [0.3, 0.4) is 0 Å². The Hall–Kier alpha value is -1.24. The summed E-state index contributed by atoms with van der Waals surface area (Å²) in [5, 5.41) is 0. The quantitative estimate of drug-likeness (QED) is 0.607. The predicted octanol–water partition coefficient (Wildman–Crippen LogP) is 2.53. The highest BCUT2D eigenvalue weighted by Gasteiger charge is 1.99. The van der Waals surface area contributed by atoms with E-state index in [0.717, 1.165) is 16.8 Å². The molecule has 1 heteroatoms. The average molecular weight is 147 g/mol. The second-order valence-corrected chi connectivity index (χ2v) is 2.71. The van der Waals surface area contributed by atoms with Crippen molar-refractivity contribution in [3.63, 3.8) is 0 Å². The van der Waals surface area contributed by atoms with E-state index in [9.17, 15) is 0 Å². The molecule has 0 amide bonds. The van der Waals surface area contributed by atoms with Crippen molar-refractivity contribution < 1.29 is 0 Å². The van der Waals surface area contributed by atoms with E-state index < -0.39 is 0 Å². The highest BCUT2D eigenvalue weighted by atomic mass is 14.6. The molecule has 0 atom stereocenters. The Kier molecular flexibility index (Phi) is 1.99. The fraction of sp³-hybridized carbons (Fsp3) is 0.200. The van der Waals surface area contributed by atoms with E-state index in [1.807, 2.05) is 13.0 Å². The fourth-order valence-electron chi connectivity index (χ4n) is 1.04. The third-order valence-electron chi connectivity index (χ3n) is 2.04. The summed E-state index contributed by atoms with van der Waals surface area (Å²) in [6, 6.07) is 4.05. The maximum Gasteiger partial charge on any atom is 0.0419 e. The Morgan fingerprint density at radius 1 is 1.36 bits per heavy atom. The van der Waals surface area contributed by atoms with Crippen LogP contribution in [0.2, 0.25) is 0 Å². The first-order valence-corrected chi connectivity index (χ1v) is 3.65. The summed E-state index contributed by atoms with van der Waals surface area (Å²) in [5.41, 5.74) is 10.1. The van der Waals surface area contributed by atoms with Gasteiger partial charge in [0.1, 0.15) is 0 Å². The number of hydrogen-bond acceptors (Lipinski definition) is 1. The van der Waals surface area contributed by atoms with Crippen LogP contribution in [0.5, 0.6) is 0 Å². The summed E-state index contributed by atoms with van der Waals surface area (Å²) in [6.07, 6.45) is 1.78. The Labute approximate surface area is 67.5 Å². The van der Waals surface area contributed by atoms with E-state index in [1.54, 1.807) is 6.08 Å². The Morgan fingerprint density at radius 2 is 2.00 bits per heavy atom. The van der Waals surface area contributed by atoms with Gasteiger partial charge >= 0.3 is 0 Å². The van der Waals surface area contributed by atoms with E-state index in [-0.39, 0.29) is 0 Å². The molecule has 1 nitrogen and oxygen atoms in total. The SMILES string of the molecule is C=Cc1ccc(C)c(C)c1N. The molecule has 0 aliphatic heterocycles. The molecular weight excluding hydrogens is 134 g/mol. The van der Waals surface area contributed by atoms with Gasteiger partial charge in [-0.15, -0.1) is 0 Å². The standard InChI is InChI=1S/C10H13N/c1-4-9-6-5-7(2)8(3)10(9)11/h4-6H,1,11H2,2-3H3. The van der Waals surface area contributed by atoms with Gasteiger partial charge in [0.2, 0.25) is 0 Å². The van der Waals surface area contributed by atoms with Crippen LogP contribution in [-0.4, -0.2) is 0 Å². The number of hydrogen-bond donors (Lipinski definition) is 1. The number of aryl methyl sites for hydroxylation is 1. The number of rotatable bonds is 1. The molecule has 0 unspecified atom stereocenters. The van der Waals surface area contributed by atoms with Gasteiger partial charge in [0.05, 0.1) is 0 Å². The number of nitrogen functional groups attached to an aromatic ring is 1. The molecule has 0 fully saturated rings. The molecular formula is C10H13N. The topological polar surface area (TPSA) is 26.0 Å². The summed E-state index contributed by atoms with van der Waals surface area (Å²) < 4.78 is 0. The lowest BCUT2D eigenvalue weighted by atomic mass is 10.0. The normalized spacial score (nSPS) is 9.64. The molecule has 0 radical (unpaired) electrons. The van der Waals surface area contributed by atoms with Gasteiger partial charge in [-0.25, -0.2) is 0 Å². The summed E-state index contributed by atoms with van der Waals surface area (Å²) in [5.74, 6) is 0. The molecule has 0 heterocycles. The van der Waals surface area contributed by atoms with Crippen LogP contribution < -0.4 is 5.73 Å². The van der Waals surface area contributed by atoms with Crippen molar-refractivity contribution in [2.75, 3.05) is 5.73 Å². The molecule has 1 rings (SSSR count). The van der Waals surface area contributed by atoms with Crippen LogP contribution in [-0.2, 0) is 0 Å². The monoisotopic (exact) mass is 147 g/mol. The van der Waals surface area contributed by atoms with Gasteiger partial charge in [0, 0.05) is 5.69 Å². The molecule has 0 saturated heterocycles. The predicted molar refractivity (Wildman–Crippen MR) is 50.4 cm³/mol. The maximum atomic E-state index is 5.82. The van der Waals surface area contributed by atoms with Gasteiger partial charge in [-0.05, 0) is 30.5 Å². The highest BCUT2D eigenvalue weighted by molar-refractivity contribution is 5.67. The van der Waals surface area contributed by atoms with Crippen LogP contribution in [0.1, 0.15) is 16.7 Å². The number of nitrogens with two attached hydrogens (primary N) is 1. The first kappa shape index (κ1) is 7.86. The molecule has 0 aliphatic rings. The van der Waals surface area contributed by atoms with E-state index in [0.29, 0.717) is 0 Å². The van der Waals surface area contributed by atoms with Gasteiger partial charge in [0.15, 0.2) is 0 Å². The first-order chi connectivity index (χ1) is 5.16. The summed E-state index contributed by atoms with van der Waals surface area (Å²) in [4.78, 5) is 0. The summed E-state index contributed by atoms with van der Waals surface area (Å²) in [7, 11) is 0.